The molecule has 0 aromatic carbocycles. The zero-order chi connectivity index (χ0) is 16.3. The van der Waals surface area contributed by atoms with Gasteiger partial charge in [0.05, 0.1) is 16.2 Å². The van der Waals surface area contributed by atoms with Gasteiger partial charge in [0.15, 0.2) is 0 Å². The fraction of sp³-hybridized carbons (Fsp3) is 0.400. The second-order valence-corrected chi connectivity index (χ2v) is 9.20. The van der Waals surface area contributed by atoms with Crippen LogP contribution >= 0.6 is 22.9 Å². The quantitative estimate of drug-likeness (QED) is 0.820. The van der Waals surface area contributed by atoms with Crippen molar-refractivity contribution in [3.63, 3.8) is 0 Å². The van der Waals surface area contributed by atoms with Crippen LogP contribution < -0.4 is 10.0 Å². The second-order valence-electron chi connectivity index (χ2n) is 5.58. The van der Waals surface area contributed by atoms with Crippen LogP contribution in [0.3, 0.4) is 0 Å². The van der Waals surface area contributed by atoms with Crippen molar-refractivity contribution < 1.29 is 8.42 Å². The van der Waals surface area contributed by atoms with E-state index in [1.807, 2.05) is 0 Å². The molecule has 0 spiro atoms. The van der Waals surface area contributed by atoms with Gasteiger partial charge in [-0.3, -0.25) is 4.72 Å². The van der Waals surface area contributed by atoms with Crippen molar-refractivity contribution in [2.75, 3.05) is 10.0 Å². The summed E-state index contributed by atoms with van der Waals surface area (Å²) in [5.41, 5.74) is 0.434. The first kappa shape index (κ1) is 16.5. The summed E-state index contributed by atoms with van der Waals surface area (Å²) < 4.78 is 27.6. The molecule has 0 atom stereocenters. The number of thiophene rings is 1. The maximum atomic E-state index is 12.2. The maximum Gasteiger partial charge on any atom is 0.271 e. The Morgan fingerprint density at radius 3 is 2.52 bits per heavy atom. The number of nitrogens with one attached hydrogen (secondary N) is 2. The molecule has 1 fully saturated rings. The van der Waals surface area contributed by atoms with E-state index in [-0.39, 0.29) is 4.21 Å². The van der Waals surface area contributed by atoms with Crippen molar-refractivity contribution in [2.24, 2.45) is 0 Å². The van der Waals surface area contributed by atoms with Gasteiger partial charge in [-0.05, 0) is 37.1 Å². The Balaban J connectivity index is 1.65. The molecule has 0 unspecified atom stereocenters. The largest absolute Gasteiger partial charge is 0.367 e. The Morgan fingerprint density at radius 1 is 1.13 bits per heavy atom. The van der Waals surface area contributed by atoms with Crippen molar-refractivity contribution in [2.45, 2.75) is 42.4 Å². The van der Waals surface area contributed by atoms with Gasteiger partial charge in [-0.15, -0.1) is 11.3 Å². The fourth-order valence-electron chi connectivity index (χ4n) is 2.64. The number of nitrogens with zero attached hydrogens (tertiary/aromatic N) is 1. The van der Waals surface area contributed by atoms with Gasteiger partial charge in [-0.2, -0.15) is 0 Å². The number of aromatic nitrogens is 1. The lowest BCUT2D eigenvalue weighted by Crippen LogP contribution is -2.22. The number of rotatable bonds is 5. The van der Waals surface area contributed by atoms with Gasteiger partial charge in [-0.1, -0.05) is 30.9 Å². The summed E-state index contributed by atoms with van der Waals surface area (Å²) >= 11 is 6.81. The molecular formula is C15H18ClN3O2S2. The van der Waals surface area contributed by atoms with Gasteiger partial charge in [-0.25, -0.2) is 13.4 Å². The summed E-state index contributed by atoms with van der Waals surface area (Å²) in [6, 6.07) is 7.03. The first-order valence-corrected chi connectivity index (χ1v) is 10.2. The van der Waals surface area contributed by atoms with Crippen LogP contribution in [0, 0.1) is 0 Å². The summed E-state index contributed by atoms with van der Waals surface area (Å²) in [4.78, 5) is 4.30. The van der Waals surface area contributed by atoms with Crippen molar-refractivity contribution in [1.29, 1.82) is 0 Å². The van der Waals surface area contributed by atoms with Gasteiger partial charge >= 0.3 is 0 Å². The minimum atomic E-state index is -3.61. The molecule has 0 amide bonds. The van der Waals surface area contributed by atoms with Crippen molar-refractivity contribution in [3.8, 4) is 0 Å². The summed E-state index contributed by atoms with van der Waals surface area (Å²) in [5.74, 6) is 0.777. The van der Waals surface area contributed by atoms with E-state index in [1.54, 1.807) is 18.2 Å². The molecule has 0 bridgehead atoms. The van der Waals surface area contributed by atoms with E-state index >= 15 is 0 Å². The molecule has 5 nitrogen and oxygen atoms in total. The van der Waals surface area contributed by atoms with Crippen LogP contribution in [-0.2, 0) is 10.0 Å². The lowest BCUT2D eigenvalue weighted by atomic mass is 9.95. The first-order valence-electron chi connectivity index (χ1n) is 7.54. The minimum absolute atomic E-state index is 0.187. The highest BCUT2D eigenvalue weighted by atomic mass is 35.5. The number of hydrogen-bond acceptors (Lipinski definition) is 5. The Bertz CT molecular complexity index is 753. The second kappa shape index (κ2) is 7.07. The molecular weight excluding hydrogens is 354 g/mol. The predicted octanol–water partition coefficient (Wildman–Crippen LogP) is 4.34. The molecule has 2 aromatic heterocycles. The molecule has 0 saturated heterocycles. The van der Waals surface area contributed by atoms with E-state index < -0.39 is 10.0 Å². The maximum absolute atomic E-state index is 12.2. The van der Waals surface area contributed by atoms with Gasteiger partial charge in [0.1, 0.15) is 10.0 Å². The molecule has 3 rings (SSSR count). The molecule has 2 N–H and O–H groups in total. The van der Waals surface area contributed by atoms with E-state index in [4.69, 9.17) is 11.6 Å². The average molecular weight is 372 g/mol. The number of halogens is 1. The number of sulfonamides is 1. The summed E-state index contributed by atoms with van der Waals surface area (Å²) in [6.07, 6.45) is 7.65. The fourth-order valence-corrected chi connectivity index (χ4v) is 5.17. The first-order chi connectivity index (χ1) is 11.0. The van der Waals surface area contributed by atoms with E-state index in [1.165, 1.54) is 31.5 Å². The molecule has 1 aliphatic carbocycles. The smallest absolute Gasteiger partial charge is 0.271 e. The van der Waals surface area contributed by atoms with Crippen LogP contribution in [-0.4, -0.2) is 19.4 Å². The minimum Gasteiger partial charge on any atom is -0.367 e. The van der Waals surface area contributed by atoms with E-state index in [9.17, 15) is 8.42 Å². The molecule has 8 heteroatoms. The highest BCUT2D eigenvalue weighted by molar-refractivity contribution is 7.94. The Labute approximate surface area is 145 Å². The predicted molar refractivity (Wildman–Crippen MR) is 94.9 cm³/mol. The highest BCUT2D eigenvalue weighted by Crippen LogP contribution is 2.27. The normalized spacial score (nSPS) is 16.2. The Hall–Kier alpha value is -1.31. The zero-order valence-electron chi connectivity index (χ0n) is 12.5. The van der Waals surface area contributed by atoms with Crippen molar-refractivity contribution in [1.82, 2.24) is 4.98 Å². The van der Waals surface area contributed by atoms with Crippen LogP contribution in [0.15, 0.2) is 34.7 Å². The van der Waals surface area contributed by atoms with E-state index in [0.717, 1.165) is 30.0 Å². The van der Waals surface area contributed by atoms with Crippen LogP contribution in [0.4, 0.5) is 11.5 Å². The Kier molecular flexibility index (Phi) is 5.08. The van der Waals surface area contributed by atoms with E-state index in [2.05, 4.69) is 15.0 Å². The molecule has 1 saturated carbocycles. The van der Waals surface area contributed by atoms with Gasteiger partial charge < -0.3 is 5.32 Å². The van der Waals surface area contributed by atoms with Crippen LogP contribution in [0.2, 0.25) is 4.34 Å². The average Bonchev–Trinajstić information content (AvgIpc) is 2.98. The lowest BCUT2D eigenvalue weighted by Gasteiger charge is -2.23. The summed E-state index contributed by atoms with van der Waals surface area (Å²) in [5, 5.41) is 3.40. The number of hydrogen-bond donors (Lipinski definition) is 2. The third-order valence-corrected chi connectivity index (χ3v) is 6.89. The number of pyridine rings is 1. The Morgan fingerprint density at radius 2 is 1.91 bits per heavy atom. The van der Waals surface area contributed by atoms with Gasteiger partial charge in [0.2, 0.25) is 0 Å². The van der Waals surface area contributed by atoms with Gasteiger partial charge in [0, 0.05) is 6.04 Å². The zero-order valence-corrected chi connectivity index (χ0v) is 14.8. The summed E-state index contributed by atoms with van der Waals surface area (Å²) in [6.45, 7) is 0. The lowest BCUT2D eigenvalue weighted by molar-refractivity contribution is 0.462. The summed E-state index contributed by atoms with van der Waals surface area (Å²) in [7, 11) is -3.61. The topological polar surface area (TPSA) is 71.1 Å². The molecule has 1 aliphatic rings. The van der Waals surface area contributed by atoms with Crippen LogP contribution in [0.1, 0.15) is 32.1 Å². The molecule has 0 aliphatic heterocycles. The van der Waals surface area contributed by atoms with Crippen LogP contribution in [0.5, 0.6) is 0 Å². The van der Waals surface area contributed by atoms with Crippen LogP contribution in [0.25, 0.3) is 0 Å². The SMILES string of the molecule is O=S(=O)(Nc1ccc(NC2CCCCC2)nc1)c1ccc(Cl)s1. The van der Waals surface area contributed by atoms with E-state index in [0.29, 0.717) is 16.1 Å². The molecule has 2 heterocycles. The molecule has 23 heavy (non-hydrogen) atoms. The monoisotopic (exact) mass is 371 g/mol. The molecule has 2 aromatic rings. The van der Waals surface area contributed by atoms with Crippen molar-refractivity contribution in [3.05, 3.63) is 34.8 Å². The van der Waals surface area contributed by atoms with Crippen molar-refractivity contribution >= 4 is 44.5 Å². The molecule has 0 radical (unpaired) electrons. The molecule has 124 valence electrons. The standard InChI is InChI=1S/C15H18ClN3O2S2/c16-13-7-9-15(22-13)23(20,21)19-12-6-8-14(17-10-12)18-11-4-2-1-3-5-11/h6-11,19H,1-5H2,(H,17,18). The highest BCUT2D eigenvalue weighted by Gasteiger charge is 2.17. The third kappa shape index (κ3) is 4.37. The van der Waals surface area contributed by atoms with Gasteiger partial charge in [0.25, 0.3) is 10.0 Å². The third-order valence-electron chi connectivity index (χ3n) is 3.79. The number of anilines is 2.